The van der Waals surface area contributed by atoms with Crippen LogP contribution < -0.4 is 0 Å². The van der Waals surface area contributed by atoms with Crippen LogP contribution in [0.15, 0.2) is 53.9 Å². The zero-order valence-corrected chi connectivity index (χ0v) is 16.3. The van der Waals surface area contributed by atoms with E-state index >= 15 is 0 Å². The Hall–Kier alpha value is -2.17. The van der Waals surface area contributed by atoms with Crippen molar-refractivity contribution >= 4 is 28.0 Å². The Bertz CT molecular complexity index is 966. The lowest BCUT2D eigenvalue weighted by atomic mass is 9.98. The van der Waals surface area contributed by atoms with Gasteiger partial charge in [0, 0.05) is 42.7 Å². The van der Waals surface area contributed by atoms with Crippen molar-refractivity contribution in [2.75, 3.05) is 19.6 Å². The van der Waals surface area contributed by atoms with Gasteiger partial charge in [-0.25, -0.2) is 0 Å². The van der Waals surface area contributed by atoms with E-state index in [0.717, 1.165) is 55.4 Å². The standard InChI is InChI=1S/C23H24N2OS/c26-23(21-7-3-5-17-4-1-2-6-20(17)21)24-12-8-19(9-13-24)25-14-10-22-18(16-25)11-15-27-22/h1-7,11,15,19H,8-10,12-14,16H2. The highest BCUT2D eigenvalue weighted by molar-refractivity contribution is 7.10. The van der Waals surface area contributed by atoms with Crippen LogP contribution in [0, 0.1) is 0 Å². The number of thiophene rings is 1. The first kappa shape index (κ1) is 17.0. The second-order valence-electron chi connectivity index (χ2n) is 7.64. The number of nitrogens with zero attached hydrogens (tertiary/aromatic N) is 2. The van der Waals surface area contributed by atoms with Gasteiger partial charge in [-0.3, -0.25) is 9.69 Å². The van der Waals surface area contributed by atoms with E-state index in [1.54, 1.807) is 4.88 Å². The normalized spacial score (nSPS) is 18.6. The summed E-state index contributed by atoms with van der Waals surface area (Å²) in [4.78, 5) is 19.4. The van der Waals surface area contributed by atoms with Gasteiger partial charge in [-0.05, 0) is 53.1 Å². The van der Waals surface area contributed by atoms with E-state index in [9.17, 15) is 4.79 Å². The maximum absolute atomic E-state index is 13.1. The lowest BCUT2D eigenvalue weighted by molar-refractivity contribution is 0.0602. The van der Waals surface area contributed by atoms with Crippen LogP contribution in [-0.2, 0) is 13.0 Å². The van der Waals surface area contributed by atoms with Gasteiger partial charge in [0.2, 0.25) is 0 Å². The van der Waals surface area contributed by atoms with Crippen LogP contribution in [0.25, 0.3) is 10.8 Å². The molecule has 0 saturated carbocycles. The number of piperidine rings is 1. The SMILES string of the molecule is O=C(c1cccc2ccccc12)N1CCC(N2CCc3sccc3C2)CC1. The van der Waals surface area contributed by atoms with Crippen molar-refractivity contribution in [3.63, 3.8) is 0 Å². The second kappa shape index (κ2) is 7.10. The molecule has 2 aliphatic rings. The van der Waals surface area contributed by atoms with E-state index in [1.807, 2.05) is 35.6 Å². The summed E-state index contributed by atoms with van der Waals surface area (Å²) in [7, 11) is 0. The first-order chi connectivity index (χ1) is 13.3. The summed E-state index contributed by atoms with van der Waals surface area (Å²) in [6, 6.07) is 17.1. The fourth-order valence-electron chi connectivity index (χ4n) is 4.60. The molecule has 0 unspecified atom stereocenters. The minimum atomic E-state index is 0.184. The Balaban J connectivity index is 1.27. The van der Waals surface area contributed by atoms with Crippen LogP contribution in [-0.4, -0.2) is 41.4 Å². The van der Waals surface area contributed by atoms with Gasteiger partial charge >= 0.3 is 0 Å². The van der Waals surface area contributed by atoms with Crippen molar-refractivity contribution in [3.05, 3.63) is 69.9 Å². The highest BCUT2D eigenvalue weighted by Gasteiger charge is 2.30. The molecule has 0 N–H and O–H groups in total. The summed E-state index contributed by atoms with van der Waals surface area (Å²) in [6.45, 7) is 3.97. The van der Waals surface area contributed by atoms with Gasteiger partial charge in [0.25, 0.3) is 5.91 Å². The highest BCUT2D eigenvalue weighted by atomic mass is 32.1. The second-order valence-corrected chi connectivity index (χ2v) is 8.64. The molecular formula is C23H24N2OS. The molecule has 3 nitrogen and oxygen atoms in total. The number of hydrogen-bond acceptors (Lipinski definition) is 3. The van der Waals surface area contributed by atoms with Gasteiger partial charge in [-0.2, -0.15) is 0 Å². The largest absolute Gasteiger partial charge is 0.339 e. The van der Waals surface area contributed by atoms with Crippen LogP contribution in [0.2, 0.25) is 0 Å². The van der Waals surface area contributed by atoms with Gasteiger partial charge in [0.15, 0.2) is 0 Å². The van der Waals surface area contributed by atoms with Crippen molar-refractivity contribution in [3.8, 4) is 0 Å². The molecule has 2 aliphatic heterocycles. The van der Waals surface area contributed by atoms with E-state index in [4.69, 9.17) is 0 Å². The van der Waals surface area contributed by atoms with Crippen molar-refractivity contribution in [1.29, 1.82) is 0 Å². The monoisotopic (exact) mass is 376 g/mol. The first-order valence-corrected chi connectivity index (χ1v) is 10.7. The van der Waals surface area contributed by atoms with E-state index in [-0.39, 0.29) is 5.91 Å². The molecule has 27 heavy (non-hydrogen) atoms. The molecule has 1 saturated heterocycles. The molecule has 1 fully saturated rings. The van der Waals surface area contributed by atoms with Crippen LogP contribution in [0.1, 0.15) is 33.6 Å². The summed E-state index contributed by atoms with van der Waals surface area (Å²) in [5.41, 5.74) is 2.35. The number of hydrogen-bond donors (Lipinski definition) is 0. The van der Waals surface area contributed by atoms with E-state index in [1.165, 1.54) is 12.0 Å². The number of fused-ring (bicyclic) bond motifs is 2. The molecule has 4 heteroatoms. The number of benzene rings is 2. The summed E-state index contributed by atoms with van der Waals surface area (Å²) in [5.74, 6) is 0.184. The van der Waals surface area contributed by atoms with Crippen molar-refractivity contribution < 1.29 is 4.79 Å². The molecule has 5 rings (SSSR count). The summed E-state index contributed by atoms with van der Waals surface area (Å²) < 4.78 is 0. The van der Waals surface area contributed by atoms with E-state index < -0.39 is 0 Å². The molecule has 1 aromatic heterocycles. The maximum atomic E-state index is 13.1. The summed E-state index contributed by atoms with van der Waals surface area (Å²) >= 11 is 1.90. The number of rotatable bonds is 2. The predicted molar refractivity (Wildman–Crippen MR) is 111 cm³/mol. The van der Waals surface area contributed by atoms with Crippen LogP contribution in [0.4, 0.5) is 0 Å². The van der Waals surface area contributed by atoms with Gasteiger partial charge in [-0.15, -0.1) is 11.3 Å². The van der Waals surface area contributed by atoms with Crippen LogP contribution in [0.3, 0.4) is 0 Å². The van der Waals surface area contributed by atoms with Crippen molar-refractivity contribution in [1.82, 2.24) is 9.80 Å². The third-order valence-electron chi connectivity index (χ3n) is 6.13. The first-order valence-electron chi connectivity index (χ1n) is 9.86. The number of likely N-dealkylation sites (tertiary alicyclic amines) is 1. The average molecular weight is 377 g/mol. The van der Waals surface area contributed by atoms with Gasteiger partial charge < -0.3 is 4.90 Å². The smallest absolute Gasteiger partial charge is 0.254 e. The fourth-order valence-corrected chi connectivity index (χ4v) is 5.49. The minimum absolute atomic E-state index is 0.184. The Kier molecular flexibility index (Phi) is 4.46. The summed E-state index contributed by atoms with van der Waals surface area (Å²) in [5, 5.41) is 4.42. The summed E-state index contributed by atoms with van der Waals surface area (Å²) in [6.07, 6.45) is 3.34. The van der Waals surface area contributed by atoms with Gasteiger partial charge in [-0.1, -0.05) is 36.4 Å². The zero-order chi connectivity index (χ0) is 18.2. The molecule has 0 radical (unpaired) electrons. The van der Waals surface area contributed by atoms with Crippen molar-refractivity contribution in [2.45, 2.75) is 31.8 Å². The molecule has 3 heterocycles. The Morgan fingerprint density at radius 1 is 0.963 bits per heavy atom. The molecule has 0 bridgehead atoms. The average Bonchev–Trinajstić information content (AvgIpc) is 3.21. The van der Waals surface area contributed by atoms with E-state index in [2.05, 4.69) is 39.4 Å². The van der Waals surface area contributed by atoms with E-state index in [0.29, 0.717) is 6.04 Å². The third-order valence-corrected chi connectivity index (χ3v) is 7.15. The predicted octanol–water partition coefficient (Wildman–Crippen LogP) is 4.56. The highest BCUT2D eigenvalue weighted by Crippen LogP contribution is 2.29. The third kappa shape index (κ3) is 3.17. The molecule has 0 spiro atoms. The van der Waals surface area contributed by atoms with Crippen LogP contribution in [0.5, 0.6) is 0 Å². The molecule has 2 aromatic carbocycles. The minimum Gasteiger partial charge on any atom is -0.339 e. The quantitative estimate of drug-likeness (QED) is 0.654. The molecule has 3 aromatic rings. The molecule has 1 amide bonds. The lowest BCUT2D eigenvalue weighted by Crippen LogP contribution is -2.47. The molecule has 0 atom stereocenters. The van der Waals surface area contributed by atoms with Crippen molar-refractivity contribution in [2.24, 2.45) is 0 Å². The van der Waals surface area contributed by atoms with Crippen LogP contribution >= 0.6 is 11.3 Å². The molecule has 0 aliphatic carbocycles. The number of carbonyl (C=O) groups excluding carboxylic acids is 1. The van der Waals surface area contributed by atoms with Gasteiger partial charge in [0.1, 0.15) is 0 Å². The van der Waals surface area contributed by atoms with Gasteiger partial charge in [0.05, 0.1) is 0 Å². The Morgan fingerprint density at radius 3 is 2.67 bits per heavy atom. The lowest BCUT2D eigenvalue weighted by Gasteiger charge is -2.40. The zero-order valence-electron chi connectivity index (χ0n) is 15.4. The topological polar surface area (TPSA) is 23.6 Å². The fraction of sp³-hybridized carbons (Fsp3) is 0.348. The Labute approximate surface area is 164 Å². The molecule has 138 valence electrons. The maximum Gasteiger partial charge on any atom is 0.254 e. The number of carbonyl (C=O) groups is 1. The number of amides is 1. The Morgan fingerprint density at radius 2 is 1.78 bits per heavy atom. The molecular weight excluding hydrogens is 352 g/mol.